The van der Waals surface area contributed by atoms with Crippen LogP contribution >= 0.6 is 11.3 Å². The Bertz CT molecular complexity index is 473. The molecule has 0 aliphatic rings. The molecular formula is C11H18N4O3S. The van der Waals surface area contributed by atoms with Crippen molar-refractivity contribution in [3.63, 3.8) is 0 Å². The van der Waals surface area contributed by atoms with Crippen molar-refractivity contribution < 1.29 is 14.3 Å². The minimum absolute atomic E-state index is 0.184. The first-order valence-electron chi connectivity index (χ1n) is 5.66. The lowest BCUT2D eigenvalue weighted by atomic mass is 10.2. The predicted octanol–water partition coefficient (Wildman–Crippen LogP) is 0.108. The molecule has 0 atom stereocenters. The number of hydrogen-bond acceptors (Lipinski definition) is 6. The first-order chi connectivity index (χ1) is 9.06. The molecule has 0 aliphatic carbocycles. The summed E-state index contributed by atoms with van der Waals surface area (Å²) in [5.74, 6) is -0.642. The van der Waals surface area contributed by atoms with Gasteiger partial charge < -0.3 is 26.4 Å². The topological polar surface area (TPSA) is 105 Å². The van der Waals surface area contributed by atoms with Crippen molar-refractivity contribution in [1.82, 2.24) is 10.6 Å². The highest BCUT2D eigenvalue weighted by Gasteiger charge is 2.24. The number of ether oxygens (including phenoxy) is 1. The van der Waals surface area contributed by atoms with Crippen LogP contribution in [0.1, 0.15) is 20.0 Å². The summed E-state index contributed by atoms with van der Waals surface area (Å²) in [5, 5.41) is 8.61. The second-order valence-corrected chi connectivity index (χ2v) is 4.65. The van der Waals surface area contributed by atoms with Gasteiger partial charge in [-0.2, -0.15) is 0 Å². The molecule has 0 saturated carbocycles. The van der Waals surface area contributed by atoms with Crippen LogP contribution in [0.5, 0.6) is 0 Å². The Morgan fingerprint density at radius 3 is 2.42 bits per heavy atom. The minimum atomic E-state index is -0.330. The molecule has 0 saturated heterocycles. The number of nitrogen functional groups attached to an aromatic ring is 1. The largest absolute Gasteiger partial charge is 0.397 e. The number of amides is 2. The van der Waals surface area contributed by atoms with Gasteiger partial charge in [0.05, 0.1) is 17.9 Å². The first kappa shape index (κ1) is 15.3. The lowest BCUT2D eigenvalue weighted by Crippen LogP contribution is -2.22. The van der Waals surface area contributed by atoms with Crippen molar-refractivity contribution in [1.29, 1.82) is 0 Å². The number of anilines is 2. The van der Waals surface area contributed by atoms with E-state index >= 15 is 0 Å². The molecule has 8 heteroatoms. The Morgan fingerprint density at radius 2 is 1.89 bits per heavy atom. The van der Waals surface area contributed by atoms with Crippen LogP contribution in [-0.4, -0.2) is 46.2 Å². The summed E-state index contributed by atoms with van der Waals surface area (Å²) in [6.07, 6.45) is 0. The Labute approximate surface area is 115 Å². The number of rotatable bonds is 6. The van der Waals surface area contributed by atoms with Crippen molar-refractivity contribution in [2.24, 2.45) is 0 Å². The van der Waals surface area contributed by atoms with Crippen LogP contribution < -0.4 is 21.7 Å². The summed E-state index contributed by atoms with van der Waals surface area (Å²) in [6.45, 7) is 1.01. The van der Waals surface area contributed by atoms with Crippen LogP contribution in [-0.2, 0) is 4.74 Å². The van der Waals surface area contributed by atoms with Gasteiger partial charge in [-0.25, -0.2) is 0 Å². The molecule has 0 spiro atoms. The fraction of sp³-hybridized carbons (Fsp3) is 0.455. The van der Waals surface area contributed by atoms with Gasteiger partial charge in [0.1, 0.15) is 9.88 Å². The summed E-state index contributed by atoms with van der Waals surface area (Å²) in [7, 11) is 4.61. The zero-order valence-corrected chi connectivity index (χ0v) is 11.9. The van der Waals surface area contributed by atoms with Gasteiger partial charge in [-0.3, -0.25) is 9.59 Å². The molecule has 0 bridgehead atoms. The van der Waals surface area contributed by atoms with Gasteiger partial charge in [0, 0.05) is 27.7 Å². The highest BCUT2D eigenvalue weighted by Crippen LogP contribution is 2.35. The number of hydrogen-bond donors (Lipinski definition) is 4. The van der Waals surface area contributed by atoms with E-state index in [1.807, 2.05) is 0 Å². The third kappa shape index (κ3) is 3.36. The Kier molecular flexibility index (Phi) is 5.58. The molecule has 1 aromatic rings. The first-order valence-corrected chi connectivity index (χ1v) is 6.47. The molecule has 0 aliphatic heterocycles. The zero-order chi connectivity index (χ0) is 14.4. The molecule has 0 radical (unpaired) electrons. The quantitative estimate of drug-likeness (QED) is 0.555. The van der Waals surface area contributed by atoms with E-state index < -0.39 is 0 Å². The van der Waals surface area contributed by atoms with Gasteiger partial charge in [0.2, 0.25) is 0 Å². The average Bonchev–Trinajstić information content (AvgIpc) is 2.74. The second-order valence-electron chi connectivity index (χ2n) is 3.63. The number of thiophene rings is 1. The summed E-state index contributed by atoms with van der Waals surface area (Å²) >= 11 is 1.15. The molecule has 0 fully saturated rings. The molecule has 1 rings (SSSR count). The van der Waals surface area contributed by atoms with E-state index in [0.29, 0.717) is 28.6 Å². The molecule has 2 amide bonds. The number of nitrogens with two attached hydrogens (primary N) is 1. The molecule has 1 heterocycles. The fourth-order valence-electron chi connectivity index (χ4n) is 1.47. The normalized spacial score (nSPS) is 10.1. The minimum Gasteiger partial charge on any atom is -0.397 e. The van der Waals surface area contributed by atoms with Crippen LogP contribution in [0.4, 0.5) is 10.7 Å². The van der Waals surface area contributed by atoms with Crippen molar-refractivity contribution in [2.45, 2.75) is 0 Å². The Hall–Kier alpha value is -1.80. The molecule has 7 nitrogen and oxygen atoms in total. The van der Waals surface area contributed by atoms with Crippen molar-refractivity contribution >= 4 is 33.8 Å². The fourth-order valence-corrected chi connectivity index (χ4v) is 2.56. The third-order valence-electron chi connectivity index (χ3n) is 2.42. The Balaban J connectivity index is 3.12. The van der Waals surface area contributed by atoms with Crippen LogP contribution in [0.3, 0.4) is 0 Å². The number of carbonyl (C=O) groups excluding carboxylic acids is 2. The van der Waals surface area contributed by atoms with Gasteiger partial charge in [0.25, 0.3) is 11.8 Å². The van der Waals surface area contributed by atoms with E-state index in [-0.39, 0.29) is 17.5 Å². The summed E-state index contributed by atoms with van der Waals surface area (Å²) in [4.78, 5) is 23.8. The highest BCUT2D eigenvalue weighted by atomic mass is 32.1. The summed E-state index contributed by atoms with van der Waals surface area (Å²) in [5.41, 5.74) is 6.36. The van der Waals surface area contributed by atoms with Crippen molar-refractivity contribution in [2.75, 3.05) is 45.4 Å². The number of nitrogens with one attached hydrogen (secondary N) is 3. The van der Waals surface area contributed by atoms with Crippen LogP contribution in [0, 0.1) is 0 Å². The summed E-state index contributed by atoms with van der Waals surface area (Å²) < 4.78 is 4.93. The van der Waals surface area contributed by atoms with E-state index in [9.17, 15) is 9.59 Å². The molecular weight excluding hydrogens is 268 g/mol. The lowest BCUT2D eigenvalue weighted by molar-refractivity contribution is 0.0963. The van der Waals surface area contributed by atoms with Crippen LogP contribution in [0.2, 0.25) is 0 Å². The highest BCUT2D eigenvalue weighted by molar-refractivity contribution is 7.19. The van der Waals surface area contributed by atoms with E-state index in [1.54, 1.807) is 7.11 Å². The lowest BCUT2D eigenvalue weighted by Gasteiger charge is -2.06. The van der Waals surface area contributed by atoms with E-state index in [0.717, 1.165) is 11.3 Å². The van der Waals surface area contributed by atoms with E-state index in [1.165, 1.54) is 14.1 Å². The maximum atomic E-state index is 11.8. The predicted molar refractivity (Wildman–Crippen MR) is 75.9 cm³/mol. The van der Waals surface area contributed by atoms with Crippen LogP contribution in [0.25, 0.3) is 0 Å². The molecule has 0 aromatic carbocycles. The van der Waals surface area contributed by atoms with Gasteiger partial charge in [-0.1, -0.05) is 0 Å². The standard InChI is InChI=1S/C11H18N4O3S/c1-13-9(16)6-7(12)8(10(17)14-2)19-11(6)15-4-5-18-3/h15H,4-5,12H2,1-3H3,(H,13,16)(H,14,17). The molecule has 0 unspecified atom stereocenters. The average molecular weight is 286 g/mol. The van der Waals surface area contributed by atoms with Gasteiger partial charge in [0.15, 0.2) is 0 Å². The van der Waals surface area contributed by atoms with E-state index in [2.05, 4.69) is 16.0 Å². The van der Waals surface area contributed by atoms with Crippen molar-refractivity contribution in [3.8, 4) is 0 Å². The molecule has 1 aromatic heterocycles. The number of methoxy groups -OCH3 is 1. The maximum absolute atomic E-state index is 11.8. The zero-order valence-electron chi connectivity index (χ0n) is 11.1. The van der Waals surface area contributed by atoms with Gasteiger partial charge in [-0.05, 0) is 0 Å². The molecule has 106 valence electrons. The molecule has 5 N–H and O–H groups in total. The van der Waals surface area contributed by atoms with Crippen LogP contribution in [0.15, 0.2) is 0 Å². The molecule has 19 heavy (non-hydrogen) atoms. The Morgan fingerprint density at radius 1 is 1.26 bits per heavy atom. The monoisotopic (exact) mass is 286 g/mol. The third-order valence-corrected chi connectivity index (χ3v) is 3.59. The van der Waals surface area contributed by atoms with E-state index in [4.69, 9.17) is 10.5 Å². The number of carbonyl (C=O) groups is 2. The smallest absolute Gasteiger partial charge is 0.263 e. The maximum Gasteiger partial charge on any atom is 0.263 e. The SMILES string of the molecule is CNC(=O)c1sc(NCCOC)c(C(=O)NC)c1N. The van der Waals surface area contributed by atoms with Gasteiger partial charge >= 0.3 is 0 Å². The van der Waals surface area contributed by atoms with Gasteiger partial charge in [-0.15, -0.1) is 11.3 Å². The van der Waals surface area contributed by atoms with Crippen molar-refractivity contribution in [3.05, 3.63) is 10.4 Å². The summed E-state index contributed by atoms with van der Waals surface area (Å²) in [6, 6.07) is 0. The second kappa shape index (κ2) is 6.95.